The van der Waals surface area contributed by atoms with E-state index in [1.165, 1.54) is 6.21 Å². The van der Waals surface area contributed by atoms with Crippen LogP contribution in [0.15, 0.2) is 47.6 Å². The molecule has 0 heterocycles. The molecule has 6 nitrogen and oxygen atoms in total. The van der Waals surface area contributed by atoms with Gasteiger partial charge < -0.3 is 15.2 Å². The molecule has 0 atom stereocenters. The number of thiocarbonyl (C=S) groups is 1. The summed E-state index contributed by atoms with van der Waals surface area (Å²) in [5, 5.41) is 16.7. The molecule has 0 saturated carbocycles. The first-order valence-corrected chi connectivity index (χ1v) is 8.05. The van der Waals surface area contributed by atoms with Crippen LogP contribution >= 0.6 is 23.8 Å². The summed E-state index contributed by atoms with van der Waals surface area (Å²) in [6.07, 6.45) is 1.50. The van der Waals surface area contributed by atoms with Crippen LogP contribution < -0.4 is 15.5 Å². The summed E-state index contributed by atoms with van der Waals surface area (Å²) in [6.45, 7) is 1.46. The van der Waals surface area contributed by atoms with Crippen molar-refractivity contribution in [1.82, 2.24) is 5.43 Å². The van der Waals surface area contributed by atoms with E-state index in [0.29, 0.717) is 21.4 Å². The Morgan fingerprint density at radius 2 is 2.08 bits per heavy atom. The van der Waals surface area contributed by atoms with E-state index in [0.717, 1.165) is 11.3 Å². The molecular formula is C17H16ClN3O3S. The summed E-state index contributed by atoms with van der Waals surface area (Å²) in [5.41, 5.74) is 4.98. The third kappa shape index (κ3) is 5.74. The van der Waals surface area contributed by atoms with Crippen molar-refractivity contribution in [3.63, 3.8) is 0 Å². The van der Waals surface area contributed by atoms with Crippen LogP contribution in [0.3, 0.4) is 0 Å². The molecule has 0 amide bonds. The maximum absolute atomic E-state index is 10.6. The normalized spacial score (nSPS) is 10.5. The number of carboxylic acid groups (broad SMARTS) is 1. The maximum Gasteiger partial charge on any atom is 0.341 e. The second kappa shape index (κ2) is 9.00. The number of hydrazone groups is 1. The Morgan fingerprint density at radius 1 is 1.32 bits per heavy atom. The predicted octanol–water partition coefficient (Wildman–Crippen LogP) is 3.43. The lowest BCUT2D eigenvalue weighted by Gasteiger charge is -2.11. The zero-order valence-electron chi connectivity index (χ0n) is 13.3. The van der Waals surface area contributed by atoms with Gasteiger partial charge in [0.05, 0.1) is 6.21 Å². The molecule has 2 rings (SSSR count). The van der Waals surface area contributed by atoms with Crippen molar-refractivity contribution in [2.24, 2.45) is 5.10 Å². The first-order valence-electron chi connectivity index (χ1n) is 7.26. The first kappa shape index (κ1) is 18.7. The van der Waals surface area contributed by atoms with Crippen molar-refractivity contribution >= 4 is 46.8 Å². The minimum Gasteiger partial charge on any atom is -0.481 e. The Balaban J connectivity index is 1.97. The average molecular weight is 378 g/mol. The number of carbonyl (C=O) groups is 1. The van der Waals surface area contributed by atoms with Crippen molar-refractivity contribution in [3.05, 3.63) is 58.6 Å². The van der Waals surface area contributed by atoms with Gasteiger partial charge in [0, 0.05) is 16.3 Å². The van der Waals surface area contributed by atoms with E-state index < -0.39 is 12.6 Å². The first-order chi connectivity index (χ1) is 12.0. The van der Waals surface area contributed by atoms with E-state index in [9.17, 15) is 4.79 Å². The summed E-state index contributed by atoms with van der Waals surface area (Å²) in [4.78, 5) is 10.6. The van der Waals surface area contributed by atoms with Crippen LogP contribution in [0.25, 0.3) is 0 Å². The second-order valence-electron chi connectivity index (χ2n) is 4.96. The van der Waals surface area contributed by atoms with Gasteiger partial charge in [0.2, 0.25) is 0 Å². The van der Waals surface area contributed by atoms with E-state index in [4.69, 9.17) is 33.7 Å². The number of aliphatic carboxylic acids is 1. The summed E-state index contributed by atoms with van der Waals surface area (Å²) in [7, 11) is 0. The molecule has 0 aromatic heterocycles. The number of rotatable bonds is 6. The molecule has 25 heavy (non-hydrogen) atoms. The average Bonchev–Trinajstić information content (AvgIpc) is 2.58. The quantitative estimate of drug-likeness (QED) is 0.406. The number of hydrogen-bond donors (Lipinski definition) is 3. The van der Waals surface area contributed by atoms with Crippen molar-refractivity contribution in [2.45, 2.75) is 6.92 Å². The predicted molar refractivity (Wildman–Crippen MR) is 103 cm³/mol. The van der Waals surface area contributed by atoms with Gasteiger partial charge in [0.15, 0.2) is 11.7 Å². The second-order valence-corrected chi connectivity index (χ2v) is 5.77. The molecule has 0 fully saturated rings. The number of ether oxygens (including phenoxy) is 1. The Hall–Kier alpha value is -2.64. The summed E-state index contributed by atoms with van der Waals surface area (Å²) in [6, 6.07) is 12.4. The molecular weight excluding hydrogens is 362 g/mol. The fraction of sp³-hybridized carbons (Fsp3) is 0.118. The fourth-order valence-corrected chi connectivity index (χ4v) is 2.25. The van der Waals surface area contributed by atoms with E-state index in [1.54, 1.807) is 30.3 Å². The molecule has 3 N–H and O–H groups in total. The summed E-state index contributed by atoms with van der Waals surface area (Å²) < 4.78 is 5.20. The molecule has 0 bridgehead atoms. The number of benzene rings is 2. The smallest absolute Gasteiger partial charge is 0.341 e. The van der Waals surface area contributed by atoms with Gasteiger partial charge in [-0.2, -0.15) is 5.10 Å². The molecule has 0 saturated heterocycles. The highest BCUT2D eigenvalue weighted by molar-refractivity contribution is 7.80. The topological polar surface area (TPSA) is 83.0 Å². The van der Waals surface area contributed by atoms with Crippen LogP contribution in [0.2, 0.25) is 5.02 Å². The molecule has 0 aliphatic rings. The van der Waals surface area contributed by atoms with Crippen LogP contribution in [0, 0.1) is 6.92 Å². The molecule has 0 aliphatic heterocycles. The monoisotopic (exact) mass is 377 g/mol. The number of anilines is 1. The van der Waals surface area contributed by atoms with Crippen molar-refractivity contribution < 1.29 is 14.6 Å². The maximum atomic E-state index is 10.6. The third-order valence-electron chi connectivity index (χ3n) is 3.16. The lowest BCUT2D eigenvalue weighted by molar-refractivity contribution is -0.139. The van der Waals surface area contributed by atoms with E-state index in [1.807, 2.05) is 19.1 Å². The molecule has 8 heteroatoms. The molecule has 0 spiro atoms. The molecule has 0 unspecified atom stereocenters. The van der Waals surface area contributed by atoms with E-state index in [2.05, 4.69) is 15.8 Å². The van der Waals surface area contributed by atoms with Gasteiger partial charge in [0.25, 0.3) is 0 Å². The van der Waals surface area contributed by atoms with Gasteiger partial charge in [-0.25, -0.2) is 4.79 Å². The fourth-order valence-electron chi connectivity index (χ4n) is 1.91. The van der Waals surface area contributed by atoms with Crippen LogP contribution in [0.1, 0.15) is 11.1 Å². The van der Waals surface area contributed by atoms with E-state index in [-0.39, 0.29) is 0 Å². The van der Waals surface area contributed by atoms with Gasteiger partial charge in [-0.3, -0.25) is 5.43 Å². The lowest BCUT2D eigenvalue weighted by atomic mass is 10.2. The minimum absolute atomic E-state index is 0.297. The number of para-hydroxylation sites is 1. The molecule has 130 valence electrons. The molecule has 2 aromatic carbocycles. The van der Waals surface area contributed by atoms with Gasteiger partial charge in [-0.1, -0.05) is 29.8 Å². The van der Waals surface area contributed by atoms with Crippen molar-refractivity contribution in [1.29, 1.82) is 0 Å². The third-order valence-corrected chi connectivity index (χ3v) is 3.76. The number of nitrogens with one attached hydrogen (secondary N) is 2. The summed E-state index contributed by atoms with van der Waals surface area (Å²) >= 11 is 11.2. The van der Waals surface area contributed by atoms with Crippen LogP contribution in [0.5, 0.6) is 5.75 Å². The number of hydrogen-bond acceptors (Lipinski definition) is 4. The van der Waals surface area contributed by atoms with Crippen molar-refractivity contribution in [2.75, 3.05) is 11.9 Å². The Bertz CT molecular complexity index is 811. The minimum atomic E-state index is -1.05. The highest BCUT2D eigenvalue weighted by Gasteiger charge is 2.05. The SMILES string of the molecule is Cc1c(Cl)cccc1NC(=S)N/N=C/c1ccccc1OCC(=O)O. The van der Waals surface area contributed by atoms with Crippen LogP contribution in [-0.2, 0) is 4.79 Å². The lowest BCUT2D eigenvalue weighted by Crippen LogP contribution is -2.24. The van der Waals surface area contributed by atoms with Gasteiger partial charge in [0.1, 0.15) is 5.75 Å². The number of halogens is 1. The molecule has 2 aromatic rings. The van der Waals surface area contributed by atoms with Crippen LogP contribution in [0.4, 0.5) is 5.69 Å². The van der Waals surface area contributed by atoms with Gasteiger partial charge in [-0.05, 0) is 49.0 Å². The highest BCUT2D eigenvalue weighted by Crippen LogP contribution is 2.22. The summed E-state index contributed by atoms with van der Waals surface area (Å²) in [5.74, 6) is -0.632. The standard InChI is InChI=1S/C17H16ClN3O3S/c1-11-13(18)6-4-7-14(11)20-17(25)21-19-9-12-5-2-3-8-15(12)24-10-16(22)23/h2-9H,10H2,1H3,(H,22,23)(H2,20,21,25)/b19-9+. The highest BCUT2D eigenvalue weighted by atomic mass is 35.5. The Labute approximate surface area is 155 Å². The van der Waals surface area contributed by atoms with E-state index >= 15 is 0 Å². The molecule has 0 aliphatic carbocycles. The van der Waals surface area contributed by atoms with Gasteiger partial charge >= 0.3 is 5.97 Å². The molecule has 0 radical (unpaired) electrons. The van der Waals surface area contributed by atoms with Gasteiger partial charge in [-0.15, -0.1) is 0 Å². The largest absolute Gasteiger partial charge is 0.481 e. The van der Waals surface area contributed by atoms with Crippen molar-refractivity contribution in [3.8, 4) is 5.75 Å². The van der Waals surface area contributed by atoms with Crippen LogP contribution in [-0.4, -0.2) is 29.0 Å². The zero-order valence-corrected chi connectivity index (χ0v) is 14.9. The number of carboxylic acids is 1. The Morgan fingerprint density at radius 3 is 2.84 bits per heavy atom. The Kier molecular flexibility index (Phi) is 6.73. The number of nitrogens with zero attached hydrogens (tertiary/aromatic N) is 1. The zero-order chi connectivity index (χ0) is 18.2.